The largest absolute Gasteiger partial charge is 0.385 e. The average molecular weight is 230 g/mol. The van der Waals surface area contributed by atoms with Gasteiger partial charge in [-0.15, -0.1) is 0 Å². The van der Waals surface area contributed by atoms with Crippen molar-refractivity contribution in [2.24, 2.45) is 17.1 Å². The van der Waals surface area contributed by atoms with Crippen LogP contribution in [0.4, 0.5) is 0 Å². The first kappa shape index (κ1) is 15.9. The minimum Gasteiger partial charge on any atom is -0.385 e. The lowest BCUT2D eigenvalue weighted by atomic mass is 9.89. The van der Waals surface area contributed by atoms with Crippen molar-refractivity contribution in [1.82, 2.24) is 5.32 Å². The van der Waals surface area contributed by atoms with Crippen molar-refractivity contribution in [3.05, 3.63) is 0 Å². The van der Waals surface area contributed by atoms with Gasteiger partial charge in [0.1, 0.15) is 0 Å². The van der Waals surface area contributed by atoms with E-state index in [4.69, 9.17) is 10.5 Å². The highest BCUT2D eigenvalue weighted by Crippen LogP contribution is 2.18. The molecule has 0 saturated carbocycles. The van der Waals surface area contributed by atoms with Gasteiger partial charge in [0.05, 0.1) is 0 Å². The van der Waals surface area contributed by atoms with Crippen LogP contribution in [0.1, 0.15) is 40.5 Å². The maximum Gasteiger partial charge on any atom is 0.0467 e. The number of methoxy groups -OCH3 is 1. The molecule has 0 fully saturated rings. The fourth-order valence-electron chi connectivity index (χ4n) is 1.55. The summed E-state index contributed by atoms with van der Waals surface area (Å²) >= 11 is 0. The Bertz CT molecular complexity index is 171. The van der Waals surface area contributed by atoms with Crippen LogP contribution in [0, 0.1) is 11.3 Å². The molecule has 0 heterocycles. The zero-order valence-electron chi connectivity index (χ0n) is 11.7. The third-order valence-corrected chi connectivity index (χ3v) is 3.34. The maximum absolute atomic E-state index is 6.07. The van der Waals surface area contributed by atoms with Gasteiger partial charge in [0, 0.05) is 32.8 Å². The minimum atomic E-state index is 0.267. The normalized spacial score (nSPS) is 16.1. The van der Waals surface area contributed by atoms with Crippen molar-refractivity contribution in [3.63, 3.8) is 0 Å². The first-order valence-electron chi connectivity index (χ1n) is 6.38. The van der Waals surface area contributed by atoms with E-state index in [0.717, 1.165) is 32.5 Å². The average Bonchev–Trinajstić information content (AvgIpc) is 2.24. The maximum atomic E-state index is 6.07. The summed E-state index contributed by atoms with van der Waals surface area (Å²) < 4.78 is 5.11. The first-order valence-corrected chi connectivity index (χ1v) is 6.38. The molecule has 0 bridgehead atoms. The zero-order chi connectivity index (χ0) is 12.6. The molecule has 0 spiro atoms. The van der Waals surface area contributed by atoms with Crippen molar-refractivity contribution >= 4 is 0 Å². The van der Waals surface area contributed by atoms with Gasteiger partial charge in [-0.3, -0.25) is 0 Å². The lowest BCUT2D eigenvalue weighted by molar-refractivity contribution is 0.150. The molecule has 0 aromatic rings. The van der Waals surface area contributed by atoms with E-state index < -0.39 is 0 Å². The van der Waals surface area contributed by atoms with E-state index in [1.165, 1.54) is 0 Å². The second-order valence-electron chi connectivity index (χ2n) is 5.59. The van der Waals surface area contributed by atoms with Crippen LogP contribution < -0.4 is 11.1 Å². The van der Waals surface area contributed by atoms with Crippen LogP contribution in [0.5, 0.6) is 0 Å². The van der Waals surface area contributed by atoms with Crippen LogP contribution in [0.3, 0.4) is 0 Å². The standard InChI is InChI=1S/C13H30N2O/c1-6-11(2)12(14)9-15-10-13(3,4)7-8-16-5/h11-12,15H,6-10,14H2,1-5H3. The number of hydrogen-bond acceptors (Lipinski definition) is 3. The molecule has 0 radical (unpaired) electrons. The van der Waals surface area contributed by atoms with Crippen molar-refractivity contribution < 1.29 is 4.74 Å². The molecule has 0 aliphatic rings. The van der Waals surface area contributed by atoms with Gasteiger partial charge < -0.3 is 15.8 Å². The molecular weight excluding hydrogens is 200 g/mol. The fraction of sp³-hybridized carbons (Fsp3) is 1.00. The lowest BCUT2D eigenvalue weighted by Gasteiger charge is -2.26. The van der Waals surface area contributed by atoms with Crippen molar-refractivity contribution in [2.75, 3.05) is 26.8 Å². The molecule has 3 nitrogen and oxygen atoms in total. The van der Waals surface area contributed by atoms with Crippen LogP contribution in [0.25, 0.3) is 0 Å². The molecule has 3 heteroatoms. The van der Waals surface area contributed by atoms with Gasteiger partial charge in [-0.05, 0) is 17.8 Å². The summed E-state index contributed by atoms with van der Waals surface area (Å²) in [6.07, 6.45) is 2.23. The van der Waals surface area contributed by atoms with Crippen molar-refractivity contribution in [2.45, 2.75) is 46.6 Å². The second kappa shape index (κ2) is 8.04. The third kappa shape index (κ3) is 7.20. The van der Waals surface area contributed by atoms with Gasteiger partial charge in [0.15, 0.2) is 0 Å². The van der Waals surface area contributed by atoms with Crippen LogP contribution in [-0.2, 0) is 4.74 Å². The third-order valence-electron chi connectivity index (χ3n) is 3.34. The molecule has 0 rings (SSSR count). The molecule has 98 valence electrons. The molecule has 0 saturated heterocycles. The number of hydrogen-bond donors (Lipinski definition) is 2. The Hall–Kier alpha value is -0.120. The van der Waals surface area contributed by atoms with Gasteiger partial charge in [-0.1, -0.05) is 34.1 Å². The van der Waals surface area contributed by atoms with Gasteiger partial charge in [0.25, 0.3) is 0 Å². The lowest BCUT2D eigenvalue weighted by Crippen LogP contribution is -2.42. The van der Waals surface area contributed by atoms with E-state index in [2.05, 4.69) is 33.0 Å². The number of nitrogens with two attached hydrogens (primary N) is 1. The van der Waals surface area contributed by atoms with Crippen LogP contribution in [0.2, 0.25) is 0 Å². The molecule has 3 N–H and O–H groups in total. The van der Waals surface area contributed by atoms with Gasteiger partial charge in [0.2, 0.25) is 0 Å². The summed E-state index contributed by atoms with van der Waals surface area (Å²) in [6, 6.07) is 0.267. The van der Waals surface area contributed by atoms with Crippen molar-refractivity contribution in [1.29, 1.82) is 0 Å². The highest BCUT2D eigenvalue weighted by Gasteiger charge is 2.18. The Morgan fingerprint density at radius 1 is 1.38 bits per heavy atom. The Morgan fingerprint density at radius 2 is 2.00 bits per heavy atom. The quantitative estimate of drug-likeness (QED) is 0.637. The molecule has 0 amide bonds. The number of ether oxygens (including phenoxy) is 1. The van der Waals surface area contributed by atoms with E-state index in [9.17, 15) is 0 Å². The summed E-state index contributed by atoms with van der Waals surface area (Å²) in [6.45, 7) is 11.6. The zero-order valence-corrected chi connectivity index (χ0v) is 11.7. The molecule has 2 atom stereocenters. The molecular formula is C13H30N2O. The first-order chi connectivity index (χ1) is 7.43. The summed E-state index contributed by atoms with van der Waals surface area (Å²) in [4.78, 5) is 0. The van der Waals surface area contributed by atoms with Gasteiger partial charge in [-0.25, -0.2) is 0 Å². The van der Waals surface area contributed by atoms with E-state index in [-0.39, 0.29) is 11.5 Å². The summed E-state index contributed by atoms with van der Waals surface area (Å²) in [5, 5.41) is 3.47. The Morgan fingerprint density at radius 3 is 2.50 bits per heavy atom. The Kier molecular flexibility index (Phi) is 7.98. The number of nitrogens with one attached hydrogen (secondary N) is 1. The minimum absolute atomic E-state index is 0.267. The highest BCUT2D eigenvalue weighted by molar-refractivity contribution is 4.75. The van der Waals surface area contributed by atoms with Crippen LogP contribution in [0.15, 0.2) is 0 Å². The van der Waals surface area contributed by atoms with Crippen LogP contribution in [-0.4, -0.2) is 32.8 Å². The molecule has 16 heavy (non-hydrogen) atoms. The second-order valence-corrected chi connectivity index (χ2v) is 5.59. The molecule has 0 aliphatic heterocycles. The Labute approximate surface area is 101 Å². The molecule has 0 aliphatic carbocycles. The SMILES string of the molecule is CCC(C)C(N)CNCC(C)(C)CCOC. The topological polar surface area (TPSA) is 47.3 Å². The van der Waals surface area contributed by atoms with E-state index in [1.807, 2.05) is 0 Å². The van der Waals surface area contributed by atoms with Gasteiger partial charge >= 0.3 is 0 Å². The highest BCUT2D eigenvalue weighted by atomic mass is 16.5. The van der Waals surface area contributed by atoms with Crippen LogP contribution >= 0.6 is 0 Å². The predicted octanol–water partition coefficient (Wildman–Crippen LogP) is 2.01. The summed E-state index contributed by atoms with van der Waals surface area (Å²) in [5.74, 6) is 0.592. The summed E-state index contributed by atoms with van der Waals surface area (Å²) in [5.41, 5.74) is 6.35. The molecule has 0 aromatic heterocycles. The summed E-state index contributed by atoms with van der Waals surface area (Å²) in [7, 11) is 1.75. The van der Waals surface area contributed by atoms with E-state index in [1.54, 1.807) is 7.11 Å². The van der Waals surface area contributed by atoms with E-state index >= 15 is 0 Å². The predicted molar refractivity (Wildman–Crippen MR) is 70.6 cm³/mol. The monoisotopic (exact) mass is 230 g/mol. The van der Waals surface area contributed by atoms with E-state index in [0.29, 0.717) is 5.92 Å². The van der Waals surface area contributed by atoms with Crippen molar-refractivity contribution in [3.8, 4) is 0 Å². The van der Waals surface area contributed by atoms with Gasteiger partial charge in [-0.2, -0.15) is 0 Å². The number of rotatable bonds is 9. The smallest absolute Gasteiger partial charge is 0.0467 e. The molecule has 0 aromatic carbocycles. The Balaban J connectivity index is 3.71. The molecule has 2 unspecified atom stereocenters. The fourth-order valence-corrected chi connectivity index (χ4v) is 1.55.